The van der Waals surface area contributed by atoms with Gasteiger partial charge in [-0.25, -0.2) is 0 Å². The van der Waals surface area contributed by atoms with Gasteiger partial charge in [-0.3, -0.25) is 9.36 Å². The van der Waals surface area contributed by atoms with Crippen molar-refractivity contribution in [3.8, 4) is 17.1 Å². The number of ether oxygens (including phenoxy) is 1. The Morgan fingerprint density at radius 3 is 2.64 bits per heavy atom. The van der Waals surface area contributed by atoms with Crippen molar-refractivity contribution in [1.29, 1.82) is 0 Å². The molecule has 2 atom stereocenters. The lowest BCUT2D eigenvalue weighted by Crippen LogP contribution is -2.23. The van der Waals surface area contributed by atoms with Crippen LogP contribution in [-0.2, 0) is 4.79 Å². The summed E-state index contributed by atoms with van der Waals surface area (Å²) >= 11 is 1.36. The van der Waals surface area contributed by atoms with Gasteiger partial charge in [0.2, 0.25) is 5.91 Å². The van der Waals surface area contributed by atoms with Crippen molar-refractivity contribution in [2.24, 2.45) is 11.7 Å². The normalized spacial score (nSPS) is 20.4. The van der Waals surface area contributed by atoms with Gasteiger partial charge in [0.05, 0.1) is 12.9 Å². The number of amides is 1. The Morgan fingerprint density at radius 2 is 2.00 bits per heavy atom. The molecule has 1 aromatic heterocycles. The molecule has 25 heavy (non-hydrogen) atoms. The molecular formula is C18H24N4O2S. The number of hydrogen-bond acceptors (Lipinski definition) is 5. The second-order valence-electron chi connectivity index (χ2n) is 6.49. The summed E-state index contributed by atoms with van der Waals surface area (Å²) < 4.78 is 7.45. The molecule has 0 spiro atoms. The minimum atomic E-state index is -0.345. The van der Waals surface area contributed by atoms with Gasteiger partial charge in [0, 0.05) is 11.6 Å². The Bertz CT molecular complexity index is 729. The topological polar surface area (TPSA) is 83.0 Å². The molecule has 3 rings (SSSR count). The number of thioether (sulfide) groups is 1. The lowest BCUT2D eigenvalue weighted by atomic mass is 9.85. The quantitative estimate of drug-likeness (QED) is 0.799. The third-order valence-electron chi connectivity index (χ3n) is 4.75. The van der Waals surface area contributed by atoms with Gasteiger partial charge in [0.15, 0.2) is 11.0 Å². The number of primary amides is 1. The van der Waals surface area contributed by atoms with E-state index in [1.807, 2.05) is 24.3 Å². The molecule has 7 heteroatoms. The van der Waals surface area contributed by atoms with Crippen LogP contribution in [0.3, 0.4) is 0 Å². The van der Waals surface area contributed by atoms with E-state index < -0.39 is 0 Å². The fourth-order valence-electron chi connectivity index (χ4n) is 3.43. The highest BCUT2D eigenvalue weighted by Gasteiger charge is 2.28. The highest BCUT2D eigenvalue weighted by Crippen LogP contribution is 2.39. The number of methoxy groups -OCH3 is 1. The van der Waals surface area contributed by atoms with Crippen molar-refractivity contribution < 1.29 is 9.53 Å². The summed E-state index contributed by atoms with van der Waals surface area (Å²) in [5.41, 5.74) is 6.31. The van der Waals surface area contributed by atoms with Crippen LogP contribution < -0.4 is 10.5 Å². The molecule has 1 aliphatic rings. The van der Waals surface area contributed by atoms with Crippen molar-refractivity contribution >= 4 is 17.7 Å². The minimum absolute atomic E-state index is 0.210. The first-order chi connectivity index (χ1) is 12.1. The van der Waals surface area contributed by atoms with Crippen LogP contribution in [0.15, 0.2) is 29.4 Å². The van der Waals surface area contributed by atoms with Crippen LogP contribution >= 0.6 is 11.8 Å². The number of nitrogens with two attached hydrogens (primary N) is 1. The molecule has 1 amide bonds. The summed E-state index contributed by atoms with van der Waals surface area (Å²) in [5, 5.41) is 9.55. The number of nitrogens with zero attached hydrogens (tertiary/aromatic N) is 3. The summed E-state index contributed by atoms with van der Waals surface area (Å²) in [7, 11) is 1.65. The smallest absolute Gasteiger partial charge is 0.227 e. The van der Waals surface area contributed by atoms with Crippen LogP contribution in [0.1, 0.15) is 38.6 Å². The summed E-state index contributed by atoms with van der Waals surface area (Å²) in [6.07, 6.45) is 4.77. The van der Waals surface area contributed by atoms with Crippen molar-refractivity contribution in [2.45, 2.75) is 43.8 Å². The van der Waals surface area contributed by atoms with E-state index in [-0.39, 0.29) is 11.7 Å². The van der Waals surface area contributed by atoms with Crippen LogP contribution in [0.4, 0.5) is 0 Å². The summed E-state index contributed by atoms with van der Waals surface area (Å²) in [5.74, 6) is 2.07. The molecule has 1 aliphatic carbocycles. The third-order valence-corrected chi connectivity index (χ3v) is 5.72. The second-order valence-corrected chi connectivity index (χ2v) is 7.43. The lowest BCUT2D eigenvalue weighted by molar-refractivity contribution is -0.115. The number of benzene rings is 1. The highest BCUT2D eigenvalue weighted by molar-refractivity contribution is 7.99. The maximum absolute atomic E-state index is 11.2. The minimum Gasteiger partial charge on any atom is -0.497 e. The maximum Gasteiger partial charge on any atom is 0.227 e. The molecule has 6 nitrogen and oxygen atoms in total. The first-order valence-corrected chi connectivity index (χ1v) is 9.59. The Hall–Kier alpha value is -2.02. The van der Waals surface area contributed by atoms with Gasteiger partial charge in [-0.15, -0.1) is 10.2 Å². The van der Waals surface area contributed by atoms with E-state index >= 15 is 0 Å². The monoisotopic (exact) mass is 360 g/mol. The molecule has 0 radical (unpaired) electrons. The predicted octanol–water partition coefficient (Wildman–Crippen LogP) is 3.28. The van der Waals surface area contributed by atoms with Crippen LogP contribution in [0.5, 0.6) is 5.75 Å². The fraction of sp³-hybridized carbons (Fsp3) is 0.500. The van der Waals surface area contributed by atoms with Gasteiger partial charge in [0.25, 0.3) is 0 Å². The van der Waals surface area contributed by atoms with Gasteiger partial charge in [-0.2, -0.15) is 0 Å². The van der Waals surface area contributed by atoms with Crippen molar-refractivity contribution in [3.05, 3.63) is 24.3 Å². The zero-order chi connectivity index (χ0) is 17.8. The fourth-order valence-corrected chi connectivity index (χ4v) is 4.16. The van der Waals surface area contributed by atoms with E-state index in [0.29, 0.717) is 12.0 Å². The van der Waals surface area contributed by atoms with Crippen LogP contribution in [0.2, 0.25) is 0 Å². The Balaban J connectivity index is 1.99. The summed E-state index contributed by atoms with van der Waals surface area (Å²) in [4.78, 5) is 11.2. The Kier molecular flexibility index (Phi) is 5.63. The maximum atomic E-state index is 11.2. The van der Waals surface area contributed by atoms with Gasteiger partial charge in [-0.05, 0) is 43.0 Å². The molecule has 2 N–H and O–H groups in total. The number of rotatable bonds is 6. The van der Waals surface area contributed by atoms with E-state index in [1.54, 1.807) is 7.11 Å². The Labute approximate surface area is 152 Å². The van der Waals surface area contributed by atoms with E-state index in [2.05, 4.69) is 21.7 Å². The molecule has 0 bridgehead atoms. The Morgan fingerprint density at radius 1 is 1.28 bits per heavy atom. The molecular weight excluding hydrogens is 336 g/mol. The molecule has 0 aliphatic heterocycles. The van der Waals surface area contributed by atoms with Crippen molar-refractivity contribution in [3.63, 3.8) is 0 Å². The van der Waals surface area contributed by atoms with Gasteiger partial charge in [0.1, 0.15) is 5.75 Å². The zero-order valence-corrected chi connectivity index (χ0v) is 15.5. The molecule has 1 heterocycles. The molecule has 134 valence electrons. The van der Waals surface area contributed by atoms with Crippen LogP contribution in [-0.4, -0.2) is 33.5 Å². The first-order valence-electron chi connectivity index (χ1n) is 8.60. The second kappa shape index (κ2) is 7.91. The van der Waals surface area contributed by atoms with Crippen LogP contribution in [0.25, 0.3) is 11.4 Å². The van der Waals surface area contributed by atoms with E-state index in [9.17, 15) is 4.79 Å². The largest absolute Gasteiger partial charge is 0.497 e. The molecule has 0 saturated heterocycles. The van der Waals surface area contributed by atoms with E-state index in [0.717, 1.165) is 28.7 Å². The van der Waals surface area contributed by atoms with E-state index in [1.165, 1.54) is 31.0 Å². The van der Waals surface area contributed by atoms with Crippen molar-refractivity contribution in [1.82, 2.24) is 14.8 Å². The van der Waals surface area contributed by atoms with Crippen molar-refractivity contribution in [2.75, 3.05) is 12.9 Å². The average Bonchev–Trinajstić information content (AvgIpc) is 3.04. The first kappa shape index (κ1) is 17.8. The SMILES string of the molecule is COc1ccc(-c2nnc(SCC(N)=O)n2[C@@H]2CCCC[C@@H]2C)cc1. The lowest BCUT2D eigenvalue weighted by Gasteiger charge is -2.31. The van der Waals surface area contributed by atoms with Gasteiger partial charge >= 0.3 is 0 Å². The molecule has 1 fully saturated rings. The number of aromatic nitrogens is 3. The van der Waals surface area contributed by atoms with Crippen LogP contribution in [0, 0.1) is 5.92 Å². The molecule has 1 aromatic carbocycles. The zero-order valence-electron chi connectivity index (χ0n) is 14.6. The standard InChI is InChI=1S/C18H24N4O2S/c1-12-5-3-4-6-15(12)22-17(13-7-9-14(24-2)10-8-13)20-21-18(22)25-11-16(19)23/h7-10,12,15H,3-6,11H2,1-2H3,(H2,19,23)/t12-,15+/m0/s1. The number of hydrogen-bond donors (Lipinski definition) is 1. The summed E-state index contributed by atoms with van der Waals surface area (Å²) in [6, 6.07) is 8.19. The number of carbonyl (C=O) groups is 1. The summed E-state index contributed by atoms with van der Waals surface area (Å²) in [6.45, 7) is 2.28. The average molecular weight is 360 g/mol. The van der Waals surface area contributed by atoms with Gasteiger partial charge < -0.3 is 10.5 Å². The third kappa shape index (κ3) is 3.98. The van der Waals surface area contributed by atoms with Gasteiger partial charge in [-0.1, -0.05) is 31.5 Å². The van der Waals surface area contributed by atoms with E-state index in [4.69, 9.17) is 10.5 Å². The predicted molar refractivity (Wildman–Crippen MR) is 98.6 cm³/mol. The number of carbonyl (C=O) groups excluding carboxylic acids is 1. The highest BCUT2D eigenvalue weighted by atomic mass is 32.2. The molecule has 1 saturated carbocycles. The molecule has 0 unspecified atom stereocenters. The molecule has 2 aromatic rings.